The zero-order chi connectivity index (χ0) is 9.84. The van der Waals surface area contributed by atoms with Gasteiger partial charge in [-0.25, -0.2) is 0 Å². The first-order valence-corrected chi connectivity index (χ1v) is 4.75. The van der Waals surface area contributed by atoms with Crippen LogP contribution in [-0.4, -0.2) is 31.2 Å². The lowest BCUT2D eigenvalue weighted by Crippen LogP contribution is -2.53. The molecule has 76 valence electrons. The van der Waals surface area contributed by atoms with E-state index in [1.54, 1.807) is 0 Å². The van der Waals surface area contributed by atoms with E-state index in [4.69, 9.17) is 10.5 Å². The van der Waals surface area contributed by atoms with Gasteiger partial charge in [0.05, 0.1) is 6.61 Å². The number of ether oxygens (including phenoxy) is 1. The minimum atomic E-state index is -0.0588. The van der Waals surface area contributed by atoms with E-state index in [9.17, 15) is 4.79 Å². The Kier molecular flexibility index (Phi) is 3.69. The molecule has 1 aliphatic rings. The van der Waals surface area contributed by atoms with Gasteiger partial charge in [0.2, 0.25) is 5.91 Å². The van der Waals surface area contributed by atoms with E-state index >= 15 is 0 Å². The van der Waals surface area contributed by atoms with Crippen molar-refractivity contribution in [3.63, 3.8) is 0 Å². The van der Waals surface area contributed by atoms with Crippen molar-refractivity contribution in [3.8, 4) is 0 Å². The number of nitrogens with one attached hydrogen (secondary N) is 1. The predicted octanol–water partition coefficient (Wildman–Crippen LogP) is -0.125. The Labute approximate surface area is 78.8 Å². The third kappa shape index (κ3) is 2.97. The van der Waals surface area contributed by atoms with Crippen LogP contribution in [0.15, 0.2) is 0 Å². The first-order valence-electron chi connectivity index (χ1n) is 4.75. The molecule has 3 N–H and O–H groups in total. The van der Waals surface area contributed by atoms with Crippen LogP contribution in [0.3, 0.4) is 0 Å². The number of amides is 1. The highest BCUT2D eigenvalue weighted by atomic mass is 16.5. The molecular weight excluding hydrogens is 168 g/mol. The zero-order valence-electron chi connectivity index (χ0n) is 8.25. The molecule has 0 aromatic carbocycles. The second-order valence-corrected chi connectivity index (χ2v) is 3.80. The largest absolute Gasteiger partial charge is 0.380 e. The van der Waals surface area contributed by atoms with Crippen molar-refractivity contribution < 1.29 is 9.53 Å². The van der Waals surface area contributed by atoms with Crippen molar-refractivity contribution in [2.45, 2.75) is 32.4 Å². The molecule has 1 saturated heterocycles. The first-order chi connectivity index (χ1) is 6.11. The molecule has 4 heteroatoms. The highest BCUT2D eigenvalue weighted by molar-refractivity contribution is 5.78. The fraction of sp³-hybridized carbons (Fsp3) is 0.889. The van der Waals surface area contributed by atoms with E-state index in [1.807, 2.05) is 13.8 Å². The Morgan fingerprint density at radius 2 is 2.31 bits per heavy atom. The van der Waals surface area contributed by atoms with Crippen molar-refractivity contribution in [1.82, 2.24) is 5.32 Å². The number of nitrogens with two attached hydrogens (primary N) is 1. The highest BCUT2D eigenvalue weighted by Gasteiger charge is 2.24. The lowest BCUT2D eigenvalue weighted by molar-refractivity contribution is -0.125. The van der Waals surface area contributed by atoms with Crippen LogP contribution < -0.4 is 11.1 Å². The van der Waals surface area contributed by atoms with Gasteiger partial charge in [-0.2, -0.15) is 0 Å². The van der Waals surface area contributed by atoms with Crippen LogP contribution in [0.2, 0.25) is 0 Å². The van der Waals surface area contributed by atoms with Crippen LogP contribution in [0, 0.1) is 5.92 Å². The Balaban J connectivity index is 2.38. The van der Waals surface area contributed by atoms with Crippen LogP contribution in [0.5, 0.6) is 0 Å². The molecule has 0 aliphatic carbocycles. The molecule has 1 amide bonds. The minimum absolute atomic E-state index is 0.0232. The highest BCUT2D eigenvalue weighted by Crippen LogP contribution is 2.06. The summed E-state index contributed by atoms with van der Waals surface area (Å²) in [6, 6.07) is 0.0279. The molecule has 2 unspecified atom stereocenters. The van der Waals surface area contributed by atoms with Crippen LogP contribution in [0.4, 0.5) is 0 Å². The summed E-state index contributed by atoms with van der Waals surface area (Å²) in [6.45, 7) is 4.99. The van der Waals surface area contributed by atoms with E-state index in [1.165, 1.54) is 0 Å². The summed E-state index contributed by atoms with van der Waals surface area (Å²) in [5.41, 5.74) is 5.79. The van der Waals surface area contributed by atoms with Gasteiger partial charge in [0.1, 0.15) is 0 Å². The van der Waals surface area contributed by atoms with Crippen molar-refractivity contribution in [2.75, 3.05) is 13.2 Å². The number of carbonyl (C=O) groups excluding carboxylic acids is 1. The molecule has 0 aromatic rings. The topological polar surface area (TPSA) is 64.3 Å². The number of hydrogen-bond acceptors (Lipinski definition) is 3. The lowest BCUT2D eigenvalue weighted by Gasteiger charge is -2.29. The van der Waals surface area contributed by atoms with Gasteiger partial charge in [0.25, 0.3) is 0 Å². The summed E-state index contributed by atoms with van der Waals surface area (Å²) in [5, 5.41) is 2.92. The Hall–Kier alpha value is -0.610. The second-order valence-electron chi connectivity index (χ2n) is 3.80. The summed E-state index contributed by atoms with van der Waals surface area (Å²) >= 11 is 0. The maximum atomic E-state index is 11.3. The fourth-order valence-corrected chi connectivity index (χ4v) is 1.29. The molecule has 2 atom stereocenters. The Morgan fingerprint density at radius 3 is 2.85 bits per heavy atom. The fourth-order valence-electron chi connectivity index (χ4n) is 1.29. The van der Waals surface area contributed by atoms with E-state index in [-0.39, 0.29) is 23.9 Å². The average Bonchev–Trinajstić information content (AvgIpc) is 2.08. The summed E-state index contributed by atoms with van der Waals surface area (Å²) in [7, 11) is 0. The maximum absolute atomic E-state index is 11.3. The van der Waals surface area contributed by atoms with Crippen molar-refractivity contribution in [2.24, 2.45) is 11.7 Å². The van der Waals surface area contributed by atoms with Gasteiger partial charge in [-0.3, -0.25) is 4.79 Å². The van der Waals surface area contributed by atoms with Gasteiger partial charge >= 0.3 is 0 Å². The Bertz CT molecular complexity index is 182. The minimum Gasteiger partial charge on any atom is -0.380 e. The first kappa shape index (κ1) is 10.5. The predicted molar refractivity (Wildman–Crippen MR) is 50.2 cm³/mol. The molecule has 4 nitrogen and oxygen atoms in total. The molecule has 0 radical (unpaired) electrons. The summed E-state index contributed by atoms with van der Waals surface area (Å²) in [5.74, 6) is 0.0948. The summed E-state index contributed by atoms with van der Waals surface area (Å²) in [6.07, 6.45) is 0.819. The van der Waals surface area contributed by atoms with Gasteiger partial charge in [-0.05, 0) is 6.42 Å². The van der Waals surface area contributed by atoms with E-state index in [2.05, 4.69) is 5.32 Å². The molecule has 1 rings (SSSR count). The quantitative estimate of drug-likeness (QED) is 0.631. The summed E-state index contributed by atoms with van der Waals surface area (Å²) < 4.78 is 5.18. The normalized spacial score (nSPS) is 28.9. The number of rotatable bonds is 2. The Morgan fingerprint density at radius 1 is 1.62 bits per heavy atom. The molecule has 0 spiro atoms. The second kappa shape index (κ2) is 4.58. The molecule has 1 fully saturated rings. The third-order valence-corrected chi connectivity index (χ3v) is 2.25. The SMILES string of the molecule is CC(C)C(=O)NC1CCOCC1N. The maximum Gasteiger partial charge on any atom is 0.222 e. The van der Waals surface area contributed by atoms with Crippen molar-refractivity contribution in [3.05, 3.63) is 0 Å². The van der Waals surface area contributed by atoms with Crippen LogP contribution >= 0.6 is 0 Å². The molecular formula is C9H18N2O2. The molecule has 1 aliphatic heterocycles. The van der Waals surface area contributed by atoms with Crippen molar-refractivity contribution in [1.29, 1.82) is 0 Å². The van der Waals surface area contributed by atoms with Crippen LogP contribution in [0.25, 0.3) is 0 Å². The smallest absolute Gasteiger partial charge is 0.222 e. The van der Waals surface area contributed by atoms with Gasteiger partial charge in [-0.15, -0.1) is 0 Å². The molecule has 13 heavy (non-hydrogen) atoms. The van der Waals surface area contributed by atoms with Crippen LogP contribution in [0.1, 0.15) is 20.3 Å². The molecule has 0 aromatic heterocycles. The average molecular weight is 186 g/mol. The van der Waals surface area contributed by atoms with Gasteiger partial charge in [0, 0.05) is 24.6 Å². The molecule has 0 bridgehead atoms. The molecule has 1 heterocycles. The molecule has 0 saturated carbocycles. The standard InChI is InChI=1S/C9H18N2O2/c1-6(2)9(12)11-8-3-4-13-5-7(8)10/h6-8H,3-5,10H2,1-2H3,(H,11,12). The summed E-state index contributed by atoms with van der Waals surface area (Å²) in [4.78, 5) is 11.3. The lowest BCUT2D eigenvalue weighted by atomic mass is 10.0. The van der Waals surface area contributed by atoms with E-state index in [0.717, 1.165) is 6.42 Å². The van der Waals surface area contributed by atoms with Crippen molar-refractivity contribution >= 4 is 5.91 Å². The van der Waals surface area contributed by atoms with Crippen LogP contribution in [-0.2, 0) is 9.53 Å². The van der Waals surface area contributed by atoms with Gasteiger partial charge in [-0.1, -0.05) is 13.8 Å². The zero-order valence-corrected chi connectivity index (χ0v) is 8.25. The van der Waals surface area contributed by atoms with E-state index in [0.29, 0.717) is 13.2 Å². The number of hydrogen-bond donors (Lipinski definition) is 2. The van der Waals surface area contributed by atoms with E-state index < -0.39 is 0 Å². The number of carbonyl (C=O) groups is 1. The monoisotopic (exact) mass is 186 g/mol. The van der Waals surface area contributed by atoms with Gasteiger partial charge < -0.3 is 15.8 Å². The third-order valence-electron chi connectivity index (χ3n) is 2.25. The van der Waals surface area contributed by atoms with Gasteiger partial charge in [0.15, 0.2) is 0 Å².